The number of anilines is 2. The van der Waals surface area contributed by atoms with Gasteiger partial charge in [-0.05, 0) is 69.2 Å². The number of hydrogen-bond donors (Lipinski definition) is 1. The van der Waals surface area contributed by atoms with Crippen LogP contribution in [-0.4, -0.2) is 82.4 Å². The number of piperidine rings is 1. The van der Waals surface area contributed by atoms with Gasteiger partial charge in [0.1, 0.15) is 6.61 Å². The number of likely N-dealkylation sites (N-methyl/N-ethyl adjacent to an activating group) is 1. The Morgan fingerprint density at radius 2 is 1.94 bits per heavy atom. The van der Waals surface area contributed by atoms with Crippen molar-refractivity contribution in [1.82, 2.24) is 20.2 Å². The van der Waals surface area contributed by atoms with Crippen molar-refractivity contribution >= 4 is 22.3 Å². The van der Waals surface area contributed by atoms with E-state index in [2.05, 4.69) is 76.5 Å². The summed E-state index contributed by atoms with van der Waals surface area (Å²) >= 11 is 0. The Balaban J connectivity index is 1.51. The van der Waals surface area contributed by atoms with Gasteiger partial charge in [-0.25, -0.2) is 9.97 Å². The number of rotatable bonds is 7. The fourth-order valence-electron chi connectivity index (χ4n) is 5.31. The smallest absolute Gasteiger partial charge is 0.213 e. The molecule has 34 heavy (non-hydrogen) atoms. The van der Waals surface area contributed by atoms with Crippen LogP contribution in [0.15, 0.2) is 42.6 Å². The summed E-state index contributed by atoms with van der Waals surface area (Å²) in [5.74, 6) is 2.16. The summed E-state index contributed by atoms with van der Waals surface area (Å²) in [5.41, 5.74) is 5.44. The van der Waals surface area contributed by atoms with Crippen molar-refractivity contribution in [2.24, 2.45) is 11.8 Å². The molecular weight excluding hydrogens is 424 g/mol. The number of ether oxygens (including phenoxy) is 1. The predicted molar refractivity (Wildman–Crippen MR) is 140 cm³/mol. The average molecular weight is 461 g/mol. The third kappa shape index (κ3) is 4.68. The Hall–Kier alpha value is -2.90. The molecule has 2 aliphatic heterocycles. The van der Waals surface area contributed by atoms with Gasteiger partial charge in [-0.15, -0.1) is 0 Å². The minimum absolute atomic E-state index is 0.598. The molecule has 0 saturated carbocycles. The maximum atomic E-state index is 5.71. The topological polar surface area (TPSA) is 56.8 Å². The van der Waals surface area contributed by atoms with Crippen LogP contribution in [0.5, 0.6) is 5.88 Å². The molecule has 1 aromatic carbocycles. The molecule has 4 heterocycles. The Labute approximate surface area is 202 Å². The van der Waals surface area contributed by atoms with Gasteiger partial charge in [-0.2, -0.15) is 0 Å². The van der Waals surface area contributed by atoms with E-state index in [0.29, 0.717) is 12.5 Å². The SMILES string of the molecule is CNCCOc1ccc(-c2cc(N3C[C@H]4CN(C)CC[C@H]4C3)c3ccc(N(C)C)cc3n2)cn1. The van der Waals surface area contributed by atoms with Crippen LogP contribution in [0.1, 0.15) is 6.42 Å². The lowest BCUT2D eigenvalue weighted by Crippen LogP contribution is -2.37. The molecule has 0 unspecified atom stereocenters. The second-order valence-corrected chi connectivity index (χ2v) is 9.94. The molecule has 0 aliphatic carbocycles. The number of aromatic nitrogens is 2. The molecule has 0 amide bonds. The van der Waals surface area contributed by atoms with Crippen LogP contribution in [0, 0.1) is 11.8 Å². The van der Waals surface area contributed by atoms with Crippen LogP contribution in [0.2, 0.25) is 0 Å². The molecule has 7 nitrogen and oxygen atoms in total. The molecule has 180 valence electrons. The second-order valence-electron chi connectivity index (χ2n) is 9.94. The first kappa shape index (κ1) is 22.9. The molecule has 7 heteroatoms. The predicted octanol–water partition coefficient (Wildman–Crippen LogP) is 3.35. The van der Waals surface area contributed by atoms with Crippen molar-refractivity contribution in [3.05, 3.63) is 42.6 Å². The van der Waals surface area contributed by atoms with Crippen molar-refractivity contribution in [3.63, 3.8) is 0 Å². The van der Waals surface area contributed by atoms with Crippen LogP contribution >= 0.6 is 0 Å². The van der Waals surface area contributed by atoms with Crippen molar-refractivity contribution in [2.75, 3.05) is 77.3 Å². The standard InChI is InChI=1S/C27H36N6O/c1-28-10-12-34-27-8-5-19(15-29-27)24-14-26(23-7-6-22(31(2)3)13-25(23)30-24)33-17-20-9-11-32(4)16-21(20)18-33/h5-8,13-15,20-21,28H,9-12,16-18H2,1-4H3/t20-,21+/m0/s1. The first-order valence-corrected chi connectivity index (χ1v) is 12.3. The fraction of sp³-hybridized carbons (Fsp3) is 0.481. The van der Waals surface area contributed by atoms with Gasteiger partial charge in [0.25, 0.3) is 0 Å². The molecule has 0 radical (unpaired) electrons. The lowest BCUT2D eigenvalue weighted by Gasteiger charge is -2.31. The lowest BCUT2D eigenvalue weighted by atomic mass is 9.89. The van der Waals surface area contributed by atoms with Gasteiger partial charge >= 0.3 is 0 Å². The van der Waals surface area contributed by atoms with Gasteiger partial charge in [-0.1, -0.05) is 0 Å². The van der Waals surface area contributed by atoms with Crippen molar-refractivity contribution in [3.8, 4) is 17.1 Å². The van der Waals surface area contributed by atoms with Crippen LogP contribution in [0.4, 0.5) is 11.4 Å². The molecule has 2 aromatic heterocycles. The van der Waals surface area contributed by atoms with E-state index in [-0.39, 0.29) is 0 Å². The summed E-state index contributed by atoms with van der Waals surface area (Å²) < 4.78 is 5.71. The maximum absolute atomic E-state index is 5.71. The fourth-order valence-corrected chi connectivity index (χ4v) is 5.31. The molecule has 2 aliphatic rings. The third-order valence-corrected chi connectivity index (χ3v) is 7.27. The summed E-state index contributed by atoms with van der Waals surface area (Å²) in [5, 5.41) is 4.31. The van der Waals surface area contributed by atoms with Crippen molar-refractivity contribution in [1.29, 1.82) is 0 Å². The highest BCUT2D eigenvalue weighted by Gasteiger charge is 2.36. The minimum Gasteiger partial charge on any atom is -0.476 e. The highest BCUT2D eigenvalue weighted by Crippen LogP contribution is 2.39. The number of pyridine rings is 2. The zero-order chi connectivity index (χ0) is 23.7. The number of likely N-dealkylation sites (tertiary alicyclic amines) is 1. The van der Waals surface area contributed by atoms with Gasteiger partial charge in [0.15, 0.2) is 0 Å². The molecule has 2 saturated heterocycles. The number of benzene rings is 1. The van der Waals surface area contributed by atoms with E-state index in [9.17, 15) is 0 Å². The van der Waals surface area contributed by atoms with E-state index < -0.39 is 0 Å². The second kappa shape index (κ2) is 9.76. The van der Waals surface area contributed by atoms with Gasteiger partial charge in [-0.3, -0.25) is 0 Å². The Kier molecular flexibility index (Phi) is 6.57. The van der Waals surface area contributed by atoms with Crippen LogP contribution < -0.4 is 19.9 Å². The van der Waals surface area contributed by atoms with E-state index in [4.69, 9.17) is 9.72 Å². The Morgan fingerprint density at radius 3 is 2.71 bits per heavy atom. The van der Waals surface area contributed by atoms with E-state index in [1.165, 1.54) is 30.6 Å². The lowest BCUT2D eigenvalue weighted by molar-refractivity contribution is 0.178. The van der Waals surface area contributed by atoms with Crippen LogP contribution in [0.3, 0.4) is 0 Å². The molecule has 5 rings (SSSR count). The summed E-state index contributed by atoms with van der Waals surface area (Å²) in [7, 11) is 8.31. The van der Waals surface area contributed by atoms with Gasteiger partial charge < -0.3 is 24.8 Å². The normalized spacial score (nSPS) is 20.5. The summed E-state index contributed by atoms with van der Waals surface area (Å²) in [4.78, 5) is 16.8. The number of nitrogens with one attached hydrogen (secondary N) is 1. The monoisotopic (exact) mass is 460 g/mol. The minimum atomic E-state index is 0.598. The summed E-state index contributed by atoms with van der Waals surface area (Å²) in [6, 6.07) is 12.9. The van der Waals surface area contributed by atoms with E-state index >= 15 is 0 Å². The van der Waals surface area contributed by atoms with Crippen molar-refractivity contribution < 1.29 is 4.74 Å². The maximum Gasteiger partial charge on any atom is 0.213 e. The molecule has 1 N–H and O–H groups in total. The highest BCUT2D eigenvalue weighted by molar-refractivity contribution is 5.96. The van der Waals surface area contributed by atoms with E-state index in [1.807, 2.05) is 19.3 Å². The Morgan fingerprint density at radius 1 is 1.09 bits per heavy atom. The molecular formula is C27H36N6O. The Bertz CT molecular complexity index is 1130. The zero-order valence-corrected chi connectivity index (χ0v) is 20.8. The molecule has 2 atom stereocenters. The number of nitrogens with zero attached hydrogens (tertiary/aromatic N) is 5. The van der Waals surface area contributed by atoms with Gasteiger partial charge in [0, 0.05) is 74.9 Å². The van der Waals surface area contributed by atoms with Gasteiger partial charge in [0.05, 0.1) is 11.2 Å². The molecule has 3 aromatic rings. The van der Waals surface area contributed by atoms with Crippen molar-refractivity contribution in [2.45, 2.75) is 6.42 Å². The summed E-state index contributed by atoms with van der Waals surface area (Å²) in [6.45, 7) is 6.03. The third-order valence-electron chi connectivity index (χ3n) is 7.27. The van der Waals surface area contributed by atoms with E-state index in [0.717, 1.165) is 53.9 Å². The molecule has 0 spiro atoms. The van der Waals surface area contributed by atoms with E-state index in [1.54, 1.807) is 0 Å². The largest absolute Gasteiger partial charge is 0.476 e. The first-order valence-electron chi connectivity index (χ1n) is 12.3. The quantitative estimate of drug-likeness (QED) is 0.543. The highest BCUT2D eigenvalue weighted by atomic mass is 16.5. The zero-order valence-electron chi connectivity index (χ0n) is 20.8. The van der Waals surface area contributed by atoms with Gasteiger partial charge in [0.2, 0.25) is 5.88 Å². The number of fused-ring (bicyclic) bond motifs is 2. The molecule has 0 bridgehead atoms. The molecule has 2 fully saturated rings. The van der Waals surface area contributed by atoms with Crippen LogP contribution in [-0.2, 0) is 0 Å². The average Bonchev–Trinajstić information content (AvgIpc) is 3.26. The van der Waals surface area contributed by atoms with Crippen LogP contribution in [0.25, 0.3) is 22.2 Å². The first-order chi connectivity index (χ1) is 16.5. The number of hydrogen-bond acceptors (Lipinski definition) is 7. The summed E-state index contributed by atoms with van der Waals surface area (Å²) in [6.07, 6.45) is 3.17.